The minimum Gasteiger partial charge on any atom is -0.353 e. The Morgan fingerprint density at radius 3 is 2.05 bits per heavy atom. The lowest BCUT2D eigenvalue weighted by Gasteiger charge is -2.30. The number of carbonyl (C=O) groups excluding carboxylic acids is 1. The molecule has 0 fully saturated rings. The molecular weight excluding hydrogens is 248 g/mol. The Bertz CT molecular complexity index is 262. The zero-order valence-electron chi connectivity index (χ0n) is 14.7. The molecule has 1 N–H and O–H groups in total. The number of carbonyl (C=O) groups is 1. The molecule has 0 aliphatic carbocycles. The highest BCUT2D eigenvalue weighted by atomic mass is 16.1. The molecule has 120 valence electrons. The van der Waals surface area contributed by atoms with Crippen molar-refractivity contribution in [3.63, 3.8) is 0 Å². The zero-order chi connectivity index (χ0) is 15.7. The van der Waals surface area contributed by atoms with Gasteiger partial charge in [0.25, 0.3) is 0 Å². The molecule has 0 saturated heterocycles. The highest BCUT2D eigenvalue weighted by Crippen LogP contribution is 2.11. The molecule has 0 heterocycles. The van der Waals surface area contributed by atoms with Crippen molar-refractivity contribution in [2.45, 2.75) is 79.8 Å². The monoisotopic (exact) mass is 284 g/mol. The molecule has 0 aliphatic heterocycles. The van der Waals surface area contributed by atoms with E-state index in [-0.39, 0.29) is 17.9 Å². The third kappa shape index (κ3) is 7.88. The van der Waals surface area contributed by atoms with E-state index in [1.807, 2.05) is 13.8 Å². The second-order valence-corrected chi connectivity index (χ2v) is 6.79. The Morgan fingerprint density at radius 1 is 1.05 bits per heavy atom. The average Bonchev–Trinajstić information content (AvgIpc) is 2.35. The lowest BCUT2D eigenvalue weighted by molar-refractivity contribution is -0.125. The number of nitrogens with zero attached hydrogens (tertiary/aromatic N) is 1. The van der Waals surface area contributed by atoms with Crippen molar-refractivity contribution in [2.24, 2.45) is 11.8 Å². The van der Waals surface area contributed by atoms with Crippen LogP contribution in [0.4, 0.5) is 0 Å². The summed E-state index contributed by atoms with van der Waals surface area (Å²) in [6, 6.07) is 0.864. The number of nitrogens with one attached hydrogen (secondary N) is 1. The van der Waals surface area contributed by atoms with Crippen LogP contribution >= 0.6 is 0 Å². The van der Waals surface area contributed by atoms with Crippen molar-refractivity contribution < 1.29 is 4.79 Å². The predicted octanol–water partition coefficient (Wildman–Crippen LogP) is 3.68. The van der Waals surface area contributed by atoms with E-state index in [1.165, 1.54) is 12.8 Å². The van der Waals surface area contributed by atoms with Crippen LogP contribution in [0.25, 0.3) is 0 Å². The summed E-state index contributed by atoms with van der Waals surface area (Å²) in [5.74, 6) is 0.726. The molecule has 3 heteroatoms. The first-order valence-electron chi connectivity index (χ1n) is 8.33. The van der Waals surface area contributed by atoms with E-state index in [1.54, 1.807) is 0 Å². The van der Waals surface area contributed by atoms with Gasteiger partial charge >= 0.3 is 0 Å². The van der Waals surface area contributed by atoms with Crippen molar-refractivity contribution >= 4 is 5.91 Å². The van der Waals surface area contributed by atoms with E-state index in [0.29, 0.717) is 12.0 Å². The fourth-order valence-corrected chi connectivity index (χ4v) is 2.22. The van der Waals surface area contributed by atoms with Gasteiger partial charge in [0.15, 0.2) is 0 Å². The topological polar surface area (TPSA) is 32.3 Å². The summed E-state index contributed by atoms with van der Waals surface area (Å²) in [5, 5.41) is 3.20. The molecule has 1 atom stereocenters. The summed E-state index contributed by atoms with van der Waals surface area (Å²) in [6.45, 7) is 17.3. The summed E-state index contributed by atoms with van der Waals surface area (Å²) < 4.78 is 0. The van der Waals surface area contributed by atoms with Crippen molar-refractivity contribution in [2.75, 3.05) is 13.1 Å². The standard InChI is InChI=1S/C17H36N2O/c1-8-9-11-19(15(6)7)12-10-16(13(2)3)18-17(20)14(4)5/h13-16H,8-12H2,1-7H3,(H,18,20). The maximum Gasteiger partial charge on any atom is 0.222 e. The molecule has 0 saturated carbocycles. The van der Waals surface area contributed by atoms with Crippen molar-refractivity contribution in [3.8, 4) is 0 Å². The molecule has 20 heavy (non-hydrogen) atoms. The number of unbranched alkanes of at least 4 members (excludes halogenated alkanes) is 1. The molecule has 3 nitrogen and oxygen atoms in total. The van der Waals surface area contributed by atoms with Gasteiger partial charge in [-0.25, -0.2) is 0 Å². The Balaban J connectivity index is 4.39. The smallest absolute Gasteiger partial charge is 0.222 e. The van der Waals surface area contributed by atoms with Crippen LogP contribution in [-0.4, -0.2) is 36.0 Å². The van der Waals surface area contributed by atoms with Crippen LogP contribution in [0.5, 0.6) is 0 Å². The van der Waals surface area contributed by atoms with Crippen LogP contribution in [0, 0.1) is 11.8 Å². The van der Waals surface area contributed by atoms with E-state index < -0.39 is 0 Å². The molecular formula is C17H36N2O. The maximum atomic E-state index is 11.9. The van der Waals surface area contributed by atoms with Gasteiger partial charge in [-0.1, -0.05) is 41.0 Å². The first-order chi connectivity index (χ1) is 9.29. The minimum atomic E-state index is 0.0672. The number of hydrogen-bond acceptors (Lipinski definition) is 2. The third-order valence-corrected chi connectivity index (χ3v) is 3.91. The molecule has 0 radical (unpaired) electrons. The van der Waals surface area contributed by atoms with Crippen LogP contribution in [0.1, 0.15) is 67.7 Å². The average molecular weight is 284 g/mol. The quantitative estimate of drug-likeness (QED) is 0.663. The Hall–Kier alpha value is -0.570. The van der Waals surface area contributed by atoms with Gasteiger partial charge in [0.2, 0.25) is 5.91 Å². The summed E-state index contributed by atoms with van der Waals surface area (Å²) in [4.78, 5) is 14.4. The molecule has 0 bridgehead atoms. The minimum absolute atomic E-state index is 0.0672. The number of rotatable bonds is 10. The van der Waals surface area contributed by atoms with Crippen LogP contribution in [0.2, 0.25) is 0 Å². The normalized spacial score (nSPS) is 13.6. The van der Waals surface area contributed by atoms with Crippen LogP contribution in [-0.2, 0) is 4.79 Å². The van der Waals surface area contributed by atoms with Crippen molar-refractivity contribution in [3.05, 3.63) is 0 Å². The molecule has 0 rings (SSSR count). The second-order valence-electron chi connectivity index (χ2n) is 6.79. The lowest BCUT2D eigenvalue weighted by Crippen LogP contribution is -2.43. The highest BCUT2D eigenvalue weighted by molar-refractivity contribution is 5.78. The van der Waals surface area contributed by atoms with E-state index in [0.717, 1.165) is 19.5 Å². The lowest BCUT2D eigenvalue weighted by atomic mass is 9.99. The van der Waals surface area contributed by atoms with Crippen molar-refractivity contribution in [1.29, 1.82) is 0 Å². The summed E-state index contributed by atoms with van der Waals surface area (Å²) >= 11 is 0. The molecule has 0 aliphatic rings. The maximum absolute atomic E-state index is 11.9. The SMILES string of the molecule is CCCCN(CCC(NC(=O)C(C)C)C(C)C)C(C)C. The Kier molecular flexibility index (Phi) is 9.91. The van der Waals surface area contributed by atoms with Crippen LogP contribution in [0.15, 0.2) is 0 Å². The molecule has 0 spiro atoms. The van der Waals surface area contributed by atoms with Gasteiger partial charge in [-0.15, -0.1) is 0 Å². The third-order valence-electron chi connectivity index (χ3n) is 3.91. The van der Waals surface area contributed by atoms with Crippen LogP contribution < -0.4 is 5.32 Å². The summed E-state index contributed by atoms with van der Waals surface area (Å²) in [7, 11) is 0. The Labute approximate surface area is 126 Å². The van der Waals surface area contributed by atoms with Crippen molar-refractivity contribution in [1.82, 2.24) is 10.2 Å². The molecule has 0 aromatic carbocycles. The Morgan fingerprint density at radius 2 is 1.65 bits per heavy atom. The van der Waals surface area contributed by atoms with E-state index in [4.69, 9.17) is 0 Å². The largest absolute Gasteiger partial charge is 0.353 e. The van der Waals surface area contributed by atoms with Gasteiger partial charge in [0.05, 0.1) is 0 Å². The molecule has 1 amide bonds. The molecule has 1 unspecified atom stereocenters. The highest BCUT2D eigenvalue weighted by Gasteiger charge is 2.19. The van der Waals surface area contributed by atoms with Gasteiger partial charge < -0.3 is 10.2 Å². The summed E-state index contributed by atoms with van der Waals surface area (Å²) in [6.07, 6.45) is 3.53. The molecule has 0 aromatic rings. The fourth-order valence-electron chi connectivity index (χ4n) is 2.22. The van der Waals surface area contributed by atoms with Gasteiger partial charge in [-0.05, 0) is 39.2 Å². The zero-order valence-corrected chi connectivity index (χ0v) is 14.7. The van der Waals surface area contributed by atoms with Gasteiger partial charge in [0, 0.05) is 24.5 Å². The van der Waals surface area contributed by atoms with Crippen LogP contribution in [0.3, 0.4) is 0 Å². The first-order valence-corrected chi connectivity index (χ1v) is 8.33. The first kappa shape index (κ1) is 19.4. The summed E-state index contributed by atoms with van der Waals surface area (Å²) in [5.41, 5.74) is 0. The van der Waals surface area contributed by atoms with E-state index in [2.05, 4.69) is 44.8 Å². The number of amides is 1. The van der Waals surface area contributed by atoms with Gasteiger partial charge in [-0.2, -0.15) is 0 Å². The van der Waals surface area contributed by atoms with Gasteiger partial charge in [-0.3, -0.25) is 4.79 Å². The fraction of sp³-hybridized carbons (Fsp3) is 0.941. The number of hydrogen-bond donors (Lipinski definition) is 1. The van der Waals surface area contributed by atoms with E-state index >= 15 is 0 Å². The predicted molar refractivity (Wildman–Crippen MR) is 87.8 cm³/mol. The van der Waals surface area contributed by atoms with E-state index in [9.17, 15) is 4.79 Å². The molecule has 0 aromatic heterocycles. The second kappa shape index (κ2) is 10.2. The van der Waals surface area contributed by atoms with Gasteiger partial charge in [0.1, 0.15) is 0 Å².